The largest absolute Gasteiger partial charge is 0.481 e. The molecule has 0 aliphatic carbocycles. The van der Waals surface area contributed by atoms with E-state index >= 15 is 0 Å². The summed E-state index contributed by atoms with van der Waals surface area (Å²) in [6, 6.07) is 0. The van der Waals surface area contributed by atoms with E-state index in [1.165, 1.54) is 6.33 Å². The zero-order valence-electron chi connectivity index (χ0n) is 15.3. The molecule has 1 amide bonds. The molecular weight excluding hydrogens is 334 g/mol. The summed E-state index contributed by atoms with van der Waals surface area (Å²) in [5, 5.41) is 13.0. The van der Waals surface area contributed by atoms with Gasteiger partial charge in [-0.2, -0.15) is 10.1 Å². The fraction of sp³-hybridized carbons (Fsp3) is 0.611. The van der Waals surface area contributed by atoms with Crippen LogP contribution < -0.4 is 0 Å². The minimum atomic E-state index is -0.768. The molecule has 3 rings (SSSR count). The number of nitrogens with zero attached hydrogens (tertiary/aromatic N) is 5. The van der Waals surface area contributed by atoms with E-state index in [1.54, 1.807) is 4.52 Å². The van der Waals surface area contributed by atoms with E-state index in [-0.39, 0.29) is 12.3 Å². The topological polar surface area (TPSA) is 101 Å². The summed E-state index contributed by atoms with van der Waals surface area (Å²) in [7, 11) is 0. The monoisotopic (exact) mass is 359 g/mol. The lowest BCUT2D eigenvalue weighted by Gasteiger charge is -2.32. The summed E-state index contributed by atoms with van der Waals surface area (Å²) in [5.41, 5.74) is 2.89. The first-order chi connectivity index (χ1) is 12.5. The second-order valence-corrected chi connectivity index (χ2v) is 7.01. The lowest BCUT2D eigenvalue weighted by atomic mass is 9.93. The molecule has 0 bridgehead atoms. The number of carbonyl (C=O) groups is 2. The third kappa shape index (κ3) is 4.00. The number of rotatable bonds is 6. The van der Waals surface area contributed by atoms with Gasteiger partial charge in [0, 0.05) is 37.3 Å². The molecular formula is C18H25N5O3. The van der Waals surface area contributed by atoms with Crippen molar-refractivity contribution < 1.29 is 14.7 Å². The van der Waals surface area contributed by atoms with Crippen molar-refractivity contribution in [3.8, 4) is 0 Å². The highest BCUT2D eigenvalue weighted by Crippen LogP contribution is 2.22. The van der Waals surface area contributed by atoms with Crippen LogP contribution in [0.1, 0.15) is 49.1 Å². The summed E-state index contributed by atoms with van der Waals surface area (Å²) in [4.78, 5) is 33.9. The Kier molecular flexibility index (Phi) is 5.49. The van der Waals surface area contributed by atoms with Gasteiger partial charge in [-0.15, -0.1) is 0 Å². The van der Waals surface area contributed by atoms with Gasteiger partial charge in [-0.3, -0.25) is 9.59 Å². The summed E-state index contributed by atoms with van der Waals surface area (Å²) in [6.07, 6.45) is 5.29. The van der Waals surface area contributed by atoms with Crippen molar-refractivity contribution in [3.63, 3.8) is 0 Å². The van der Waals surface area contributed by atoms with Crippen LogP contribution in [0.25, 0.3) is 5.78 Å². The first kappa shape index (κ1) is 18.3. The maximum atomic E-state index is 12.6. The third-order valence-electron chi connectivity index (χ3n) is 5.22. The number of fused-ring (bicyclic) bond motifs is 1. The average Bonchev–Trinajstić information content (AvgIpc) is 3.08. The molecule has 0 spiro atoms. The Bertz CT molecular complexity index is 817. The molecule has 1 aliphatic heterocycles. The van der Waals surface area contributed by atoms with Gasteiger partial charge in [0.15, 0.2) is 0 Å². The quantitative estimate of drug-likeness (QED) is 0.844. The van der Waals surface area contributed by atoms with Crippen molar-refractivity contribution in [3.05, 3.63) is 23.3 Å². The van der Waals surface area contributed by atoms with Gasteiger partial charge < -0.3 is 10.0 Å². The maximum Gasteiger partial charge on any atom is 0.303 e. The molecule has 140 valence electrons. The highest BCUT2D eigenvalue weighted by Gasteiger charge is 2.24. The van der Waals surface area contributed by atoms with Crippen LogP contribution in [0.4, 0.5) is 0 Å². The van der Waals surface area contributed by atoms with E-state index in [1.807, 2.05) is 18.7 Å². The normalized spacial score (nSPS) is 17.6. The van der Waals surface area contributed by atoms with Crippen LogP contribution in [0.5, 0.6) is 0 Å². The Morgan fingerprint density at radius 2 is 2.12 bits per heavy atom. The molecule has 1 saturated heterocycles. The fourth-order valence-corrected chi connectivity index (χ4v) is 3.76. The van der Waals surface area contributed by atoms with E-state index in [0.717, 1.165) is 36.3 Å². The molecule has 26 heavy (non-hydrogen) atoms. The Balaban J connectivity index is 1.61. The number of aryl methyl sites for hydroxylation is 2. The minimum absolute atomic E-state index is 0.127. The smallest absolute Gasteiger partial charge is 0.303 e. The molecule has 1 aliphatic rings. The number of hydrogen-bond donors (Lipinski definition) is 1. The van der Waals surface area contributed by atoms with Crippen molar-refractivity contribution in [1.29, 1.82) is 0 Å². The van der Waals surface area contributed by atoms with Crippen LogP contribution in [-0.2, 0) is 16.0 Å². The number of carbonyl (C=O) groups excluding carboxylic acids is 1. The molecule has 2 aromatic rings. The van der Waals surface area contributed by atoms with Gasteiger partial charge in [-0.25, -0.2) is 9.50 Å². The zero-order chi connectivity index (χ0) is 18.7. The Morgan fingerprint density at radius 1 is 1.31 bits per heavy atom. The predicted octanol–water partition coefficient (Wildman–Crippen LogP) is 1.78. The lowest BCUT2D eigenvalue weighted by molar-refractivity contribution is -0.137. The van der Waals surface area contributed by atoms with Crippen LogP contribution in [0.3, 0.4) is 0 Å². The molecule has 8 nitrogen and oxygen atoms in total. The molecule has 0 radical (unpaired) electrons. The number of piperidine rings is 1. The summed E-state index contributed by atoms with van der Waals surface area (Å²) < 4.78 is 1.70. The van der Waals surface area contributed by atoms with Gasteiger partial charge in [-0.1, -0.05) is 0 Å². The fourth-order valence-electron chi connectivity index (χ4n) is 3.76. The summed E-state index contributed by atoms with van der Waals surface area (Å²) in [6.45, 7) is 5.34. The third-order valence-corrected chi connectivity index (χ3v) is 5.22. The van der Waals surface area contributed by atoms with Crippen molar-refractivity contribution in [2.24, 2.45) is 5.92 Å². The Labute approximate surface area is 152 Å². The molecule has 3 heterocycles. The Hall–Kier alpha value is -2.51. The molecule has 0 saturated carbocycles. The van der Waals surface area contributed by atoms with Crippen LogP contribution >= 0.6 is 0 Å². The number of likely N-dealkylation sites (tertiary alicyclic amines) is 1. The van der Waals surface area contributed by atoms with Crippen molar-refractivity contribution in [2.45, 2.75) is 52.4 Å². The molecule has 1 N–H and O–H groups in total. The van der Waals surface area contributed by atoms with Crippen LogP contribution in [0.15, 0.2) is 6.33 Å². The van der Waals surface area contributed by atoms with E-state index in [0.29, 0.717) is 37.5 Å². The molecule has 0 aromatic carbocycles. The molecule has 1 atom stereocenters. The van der Waals surface area contributed by atoms with Crippen molar-refractivity contribution in [2.75, 3.05) is 13.1 Å². The van der Waals surface area contributed by atoms with Gasteiger partial charge in [0.25, 0.3) is 5.78 Å². The lowest BCUT2D eigenvalue weighted by Crippen LogP contribution is -2.40. The second kappa shape index (κ2) is 7.80. The van der Waals surface area contributed by atoms with Crippen LogP contribution in [0, 0.1) is 19.8 Å². The van der Waals surface area contributed by atoms with E-state index in [9.17, 15) is 9.59 Å². The van der Waals surface area contributed by atoms with Crippen LogP contribution in [0.2, 0.25) is 0 Å². The van der Waals surface area contributed by atoms with Crippen molar-refractivity contribution in [1.82, 2.24) is 24.5 Å². The number of carboxylic acids is 1. The molecule has 8 heteroatoms. The van der Waals surface area contributed by atoms with Gasteiger partial charge in [-0.05, 0) is 51.0 Å². The number of amides is 1. The minimum Gasteiger partial charge on any atom is -0.481 e. The molecule has 2 aromatic heterocycles. The van der Waals surface area contributed by atoms with Crippen molar-refractivity contribution >= 4 is 17.7 Å². The van der Waals surface area contributed by atoms with E-state index in [4.69, 9.17) is 5.11 Å². The standard InChI is InChI=1S/C18H25N5O3/c1-12-15(13(2)23-18(21-12)19-11-20-23)6-7-16(24)22-9-3-4-14(10-22)5-8-17(25)26/h11,14H,3-10H2,1-2H3,(H,25,26). The first-order valence-electron chi connectivity index (χ1n) is 9.11. The number of aromatic nitrogens is 4. The molecule has 1 unspecified atom stereocenters. The average molecular weight is 359 g/mol. The number of aliphatic carboxylic acids is 1. The molecule has 1 fully saturated rings. The highest BCUT2D eigenvalue weighted by molar-refractivity contribution is 5.76. The second-order valence-electron chi connectivity index (χ2n) is 7.01. The SMILES string of the molecule is Cc1nc2ncnn2c(C)c1CCC(=O)N1CCCC(CCC(=O)O)C1. The van der Waals surface area contributed by atoms with Gasteiger partial charge in [0.05, 0.1) is 0 Å². The zero-order valence-corrected chi connectivity index (χ0v) is 15.3. The Morgan fingerprint density at radius 3 is 2.88 bits per heavy atom. The number of hydrogen-bond acceptors (Lipinski definition) is 5. The van der Waals surface area contributed by atoms with E-state index in [2.05, 4.69) is 15.1 Å². The number of carboxylic acid groups (broad SMARTS) is 1. The van der Waals surface area contributed by atoms with E-state index < -0.39 is 5.97 Å². The van der Waals surface area contributed by atoms with Crippen LogP contribution in [-0.4, -0.2) is 54.6 Å². The van der Waals surface area contributed by atoms with Gasteiger partial charge >= 0.3 is 5.97 Å². The summed E-state index contributed by atoms with van der Waals surface area (Å²) in [5.74, 6) is 0.228. The maximum absolute atomic E-state index is 12.6. The summed E-state index contributed by atoms with van der Waals surface area (Å²) >= 11 is 0. The van der Waals surface area contributed by atoms with Gasteiger partial charge in [0.2, 0.25) is 5.91 Å². The first-order valence-corrected chi connectivity index (χ1v) is 9.11. The van der Waals surface area contributed by atoms with Gasteiger partial charge in [0.1, 0.15) is 6.33 Å². The predicted molar refractivity (Wildman–Crippen MR) is 94.8 cm³/mol. The highest BCUT2D eigenvalue weighted by atomic mass is 16.4.